The highest BCUT2D eigenvalue weighted by atomic mass is 16.2. The van der Waals surface area contributed by atoms with Crippen molar-refractivity contribution in [1.29, 1.82) is 0 Å². The van der Waals surface area contributed by atoms with Gasteiger partial charge in [-0.15, -0.1) is 0 Å². The molecule has 7 heteroatoms. The number of nitrogens with one attached hydrogen (secondary N) is 2. The lowest BCUT2D eigenvalue weighted by molar-refractivity contribution is -0.134. The minimum atomic E-state index is -0.888. The van der Waals surface area contributed by atoms with Crippen LogP contribution in [0.15, 0.2) is 24.3 Å². The van der Waals surface area contributed by atoms with E-state index in [0.29, 0.717) is 11.3 Å². The molecule has 0 bridgehead atoms. The van der Waals surface area contributed by atoms with Crippen molar-refractivity contribution in [2.75, 3.05) is 11.9 Å². The highest BCUT2D eigenvalue weighted by Crippen LogP contribution is 2.42. The molecule has 126 valence electrons. The Labute approximate surface area is 139 Å². The molecule has 1 heterocycles. The fraction of sp³-hybridized carbons (Fsp3) is 0.412. The number of hydrogen-bond donors (Lipinski definition) is 2. The molecule has 1 aliphatic carbocycles. The number of nitrogens with zero attached hydrogens (tertiary/aromatic N) is 1. The van der Waals surface area contributed by atoms with Crippen LogP contribution in [0.1, 0.15) is 37.0 Å². The number of benzene rings is 1. The van der Waals surface area contributed by atoms with Gasteiger partial charge in [0.25, 0.3) is 5.91 Å². The summed E-state index contributed by atoms with van der Waals surface area (Å²) in [5.74, 6) is -0.723. The van der Waals surface area contributed by atoms with Crippen LogP contribution in [0.5, 0.6) is 0 Å². The summed E-state index contributed by atoms with van der Waals surface area (Å²) >= 11 is 0. The summed E-state index contributed by atoms with van der Waals surface area (Å²) in [6.45, 7) is 2.84. The van der Waals surface area contributed by atoms with Crippen molar-refractivity contribution in [3.05, 3.63) is 29.8 Å². The number of imide groups is 1. The first-order chi connectivity index (χ1) is 11.3. The summed E-state index contributed by atoms with van der Waals surface area (Å²) < 4.78 is 0. The number of ketones is 1. The van der Waals surface area contributed by atoms with E-state index in [2.05, 4.69) is 10.6 Å². The molecular weight excluding hydrogens is 310 g/mol. The molecule has 4 amide bonds. The van der Waals surface area contributed by atoms with E-state index >= 15 is 0 Å². The molecule has 7 nitrogen and oxygen atoms in total. The average molecular weight is 329 g/mol. The third kappa shape index (κ3) is 2.89. The summed E-state index contributed by atoms with van der Waals surface area (Å²) in [5, 5.41) is 5.33. The molecule has 1 aromatic carbocycles. The minimum absolute atomic E-state index is 0.0634. The maximum atomic E-state index is 12.5. The molecular formula is C17H19N3O4. The van der Waals surface area contributed by atoms with Crippen molar-refractivity contribution >= 4 is 29.3 Å². The van der Waals surface area contributed by atoms with E-state index in [1.54, 1.807) is 31.2 Å². The Bertz CT molecular complexity index is 724. The van der Waals surface area contributed by atoms with Crippen molar-refractivity contribution in [2.24, 2.45) is 5.92 Å². The zero-order valence-corrected chi connectivity index (χ0v) is 13.6. The van der Waals surface area contributed by atoms with Gasteiger partial charge in [0, 0.05) is 11.3 Å². The van der Waals surface area contributed by atoms with Crippen LogP contribution in [0.25, 0.3) is 0 Å². The number of anilines is 1. The molecule has 24 heavy (non-hydrogen) atoms. The third-order valence-electron chi connectivity index (χ3n) is 4.57. The predicted octanol–water partition coefficient (Wildman–Crippen LogP) is 1.55. The first kappa shape index (κ1) is 16.2. The van der Waals surface area contributed by atoms with Crippen molar-refractivity contribution in [2.45, 2.75) is 32.2 Å². The van der Waals surface area contributed by atoms with Gasteiger partial charge in [-0.05, 0) is 56.9 Å². The van der Waals surface area contributed by atoms with Crippen LogP contribution in [-0.4, -0.2) is 40.6 Å². The number of carbonyl (C=O) groups excluding carboxylic acids is 4. The lowest BCUT2D eigenvalue weighted by Gasteiger charge is -2.20. The van der Waals surface area contributed by atoms with Gasteiger partial charge in [0.05, 0.1) is 0 Å². The Morgan fingerprint density at radius 1 is 1.25 bits per heavy atom. The minimum Gasteiger partial charge on any atom is -0.325 e. The van der Waals surface area contributed by atoms with E-state index in [-0.39, 0.29) is 24.2 Å². The molecule has 1 aromatic rings. The fourth-order valence-electron chi connectivity index (χ4n) is 2.93. The molecule has 1 aliphatic heterocycles. The molecule has 0 aromatic heterocycles. The van der Waals surface area contributed by atoms with E-state index in [0.717, 1.165) is 17.7 Å². The van der Waals surface area contributed by atoms with Crippen LogP contribution in [0.2, 0.25) is 0 Å². The second kappa shape index (κ2) is 5.74. The van der Waals surface area contributed by atoms with Crippen LogP contribution >= 0.6 is 0 Å². The zero-order valence-electron chi connectivity index (χ0n) is 13.6. The first-order valence-electron chi connectivity index (χ1n) is 7.86. The Balaban J connectivity index is 1.63. The van der Waals surface area contributed by atoms with Gasteiger partial charge in [0.1, 0.15) is 12.1 Å². The zero-order chi connectivity index (χ0) is 17.5. The van der Waals surface area contributed by atoms with Gasteiger partial charge in [-0.1, -0.05) is 0 Å². The molecule has 2 N–H and O–H groups in total. The number of hydrogen-bond acceptors (Lipinski definition) is 4. The summed E-state index contributed by atoms with van der Waals surface area (Å²) in [5.41, 5.74) is 0.157. The fourth-order valence-corrected chi connectivity index (χ4v) is 2.93. The molecule has 0 radical (unpaired) electrons. The largest absolute Gasteiger partial charge is 0.325 e. The van der Waals surface area contributed by atoms with Gasteiger partial charge in [-0.2, -0.15) is 0 Å². The van der Waals surface area contributed by atoms with Gasteiger partial charge in [0.2, 0.25) is 5.91 Å². The Hall–Kier alpha value is -2.70. The van der Waals surface area contributed by atoms with Gasteiger partial charge in [0.15, 0.2) is 5.78 Å². The number of urea groups is 1. The van der Waals surface area contributed by atoms with Crippen molar-refractivity contribution in [3.8, 4) is 0 Å². The van der Waals surface area contributed by atoms with Gasteiger partial charge in [-0.25, -0.2) is 4.79 Å². The van der Waals surface area contributed by atoms with Gasteiger partial charge >= 0.3 is 6.03 Å². The number of carbonyl (C=O) groups is 4. The van der Waals surface area contributed by atoms with Crippen LogP contribution < -0.4 is 10.6 Å². The highest BCUT2D eigenvalue weighted by Gasteiger charge is 2.56. The van der Waals surface area contributed by atoms with Crippen molar-refractivity contribution in [1.82, 2.24) is 10.2 Å². The Morgan fingerprint density at radius 3 is 2.42 bits per heavy atom. The normalized spacial score (nSPS) is 23.2. The van der Waals surface area contributed by atoms with Crippen LogP contribution in [0, 0.1) is 5.92 Å². The molecule has 1 saturated carbocycles. The second-order valence-corrected chi connectivity index (χ2v) is 6.48. The van der Waals surface area contributed by atoms with E-state index in [1.807, 2.05) is 0 Å². The standard InChI is InChI=1S/C17H19N3O4/c1-10(21)11-3-7-13(8-4-11)18-14(22)9-20-15(23)17(2,12-5-6-12)19-16(20)24/h3-4,7-8,12H,5-6,9H2,1-2H3,(H,18,22)(H,19,24)/t17-/m1/s1. The van der Waals surface area contributed by atoms with Crippen LogP contribution in [0.4, 0.5) is 10.5 Å². The number of Topliss-reactive ketones (excluding diaryl/α,β-unsaturated/α-hetero) is 1. The van der Waals surface area contributed by atoms with Crippen LogP contribution in [0.3, 0.4) is 0 Å². The topological polar surface area (TPSA) is 95.6 Å². The summed E-state index contributed by atoms with van der Waals surface area (Å²) in [4.78, 5) is 48.8. The monoisotopic (exact) mass is 329 g/mol. The summed E-state index contributed by atoms with van der Waals surface area (Å²) in [6.07, 6.45) is 1.82. The number of rotatable bonds is 5. The summed E-state index contributed by atoms with van der Waals surface area (Å²) in [6, 6.07) is 5.89. The molecule has 2 fully saturated rings. The molecule has 0 spiro atoms. The second-order valence-electron chi connectivity index (χ2n) is 6.48. The van der Waals surface area contributed by atoms with E-state index in [9.17, 15) is 19.2 Å². The highest BCUT2D eigenvalue weighted by molar-refractivity contribution is 6.10. The lowest BCUT2D eigenvalue weighted by atomic mass is 9.96. The quantitative estimate of drug-likeness (QED) is 0.633. The maximum absolute atomic E-state index is 12.5. The smallest absolute Gasteiger partial charge is 0.325 e. The van der Waals surface area contributed by atoms with Crippen molar-refractivity contribution < 1.29 is 19.2 Å². The Kier molecular flexibility index (Phi) is 3.87. The first-order valence-corrected chi connectivity index (χ1v) is 7.86. The Morgan fingerprint density at radius 2 is 1.88 bits per heavy atom. The van der Waals surface area contributed by atoms with E-state index in [1.165, 1.54) is 6.92 Å². The molecule has 1 atom stereocenters. The number of amides is 4. The average Bonchev–Trinajstić information content (AvgIpc) is 3.34. The third-order valence-corrected chi connectivity index (χ3v) is 4.57. The van der Waals surface area contributed by atoms with Crippen LogP contribution in [-0.2, 0) is 9.59 Å². The molecule has 3 rings (SSSR count). The molecule has 1 saturated heterocycles. The van der Waals surface area contributed by atoms with E-state index in [4.69, 9.17) is 0 Å². The predicted molar refractivity (Wildman–Crippen MR) is 86.4 cm³/mol. The summed E-state index contributed by atoms with van der Waals surface area (Å²) in [7, 11) is 0. The molecule has 0 unspecified atom stereocenters. The maximum Gasteiger partial charge on any atom is 0.325 e. The van der Waals surface area contributed by atoms with Crippen molar-refractivity contribution in [3.63, 3.8) is 0 Å². The molecule has 2 aliphatic rings. The SMILES string of the molecule is CC(=O)c1ccc(NC(=O)CN2C(=O)N[C@](C)(C3CC3)C2=O)cc1. The van der Waals surface area contributed by atoms with Gasteiger partial charge in [-0.3, -0.25) is 19.3 Å². The van der Waals surface area contributed by atoms with E-state index < -0.39 is 17.5 Å². The van der Waals surface area contributed by atoms with Gasteiger partial charge < -0.3 is 10.6 Å². The lowest BCUT2D eigenvalue weighted by Crippen LogP contribution is -2.46.